The van der Waals surface area contributed by atoms with E-state index in [9.17, 15) is 0 Å². The van der Waals surface area contributed by atoms with Crippen LogP contribution in [0.25, 0.3) is 10.1 Å². The average Bonchev–Trinajstić information content (AvgIpc) is 3.53. The van der Waals surface area contributed by atoms with Crippen molar-refractivity contribution in [2.24, 2.45) is 0 Å². The Morgan fingerprint density at radius 3 is 1.64 bits per heavy atom. The van der Waals surface area contributed by atoms with Gasteiger partial charge < -0.3 is 9.80 Å². The number of hydrogen-bond acceptors (Lipinski definition) is 3. The van der Waals surface area contributed by atoms with Crippen LogP contribution in [0.3, 0.4) is 0 Å². The van der Waals surface area contributed by atoms with Crippen molar-refractivity contribution >= 4 is 78.0 Å². The number of hydrogen-bond donors (Lipinski definition) is 0. The van der Waals surface area contributed by atoms with Crippen LogP contribution in [0.15, 0.2) is 78.9 Å². The standard InChI is InChI=1S/C55H63BN2S/c1-32-15-20-47-37(25-32)49-50(59-47)56-42-29-39-41(55(13,14)24-22-53(39,9)10)31-44(42)58(43-30-40-38(28-34(43)3)52(7,8)21-23-54(40,11)12)46-27-33(2)26-45(48(46)56)57(49)36-18-16-35(17-19-36)51(4,5)6/h15-20,25-31H,21-24H2,1-14H3. The molecule has 0 saturated carbocycles. The number of fused-ring (bicyclic) bond motifs is 8. The van der Waals surface area contributed by atoms with Crippen molar-refractivity contribution in [3.05, 3.63) is 123 Å². The van der Waals surface area contributed by atoms with Crippen LogP contribution in [0, 0.1) is 20.8 Å². The first-order valence-electron chi connectivity index (χ1n) is 22.3. The third kappa shape index (κ3) is 5.71. The monoisotopic (exact) mass is 794 g/mol. The second-order valence-electron chi connectivity index (χ2n) is 22.6. The van der Waals surface area contributed by atoms with E-state index < -0.39 is 0 Å². The zero-order valence-corrected chi connectivity index (χ0v) is 39.0. The van der Waals surface area contributed by atoms with E-state index in [1.54, 1.807) is 0 Å². The highest BCUT2D eigenvalue weighted by atomic mass is 32.1. The summed E-state index contributed by atoms with van der Waals surface area (Å²) in [6.45, 7) is 33.8. The van der Waals surface area contributed by atoms with E-state index in [1.165, 1.54) is 130 Å². The van der Waals surface area contributed by atoms with Crippen molar-refractivity contribution in [1.82, 2.24) is 0 Å². The number of thiophene rings is 1. The van der Waals surface area contributed by atoms with Gasteiger partial charge in [0.15, 0.2) is 0 Å². The van der Waals surface area contributed by atoms with E-state index in [-0.39, 0.29) is 33.8 Å². The maximum absolute atomic E-state index is 2.73. The third-order valence-corrected chi connectivity index (χ3v) is 16.6. The Morgan fingerprint density at radius 1 is 0.542 bits per heavy atom. The minimum Gasteiger partial charge on any atom is -0.311 e. The van der Waals surface area contributed by atoms with Gasteiger partial charge in [0, 0.05) is 43.3 Å². The Hall–Kier alpha value is -4.28. The molecule has 5 aromatic carbocycles. The lowest BCUT2D eigenvalue weighted by Crippen LogP contribution is -2.61. The summed E-state index contributed by atoms with van der Waals surface area (Å²) in [6, 6.07) is 32.2. The molecule has 3 heterocycles. The lowest BCUT2D eigenvalue weighted by Gasteiger charge is -2.48. The van der Waals surface area contributed by atoms with E-state index >= 15 is 0 Å². The Bertz CT molecular complexity index is 2750. The molecule has 4 aliphatic rings. The first-order chi connectivity index (χ1) is 27.6. The van der Waals surface area contributed by atoms with Crippen molar-refractivity contribution in [2.45, 2.75) is 150 Å². The highest BCUT2D eigenvalue weighted by Crippen LogP contribution is 2.54. The predicted molar refractivity (Wildman–Crippen MR) is 259 cm³/mol. The summed E-state index contributed by atoms with van der Waals surface area (Å²) in [6.07, 6.45) is 4.80. The molecule has 0 bridgehead atoms. The molecular weight excluding hydrogens is 731 g/mol. The van der Waals surface area contributed by atoms with Crippen LogP contribution < -0.4 is 25.5 Å². The lowest BCUT2D eigenvalue weighted by atomic mass is 9.35. The second-order valence-corrected chi connectivity index (χ2v) is 23.7. The molecule has 1 aromatic heterocycles. The van der Waals surface area contributed by atoms with E-state index in [0.29, 0.717) is 0 Å². The predicted octanol–water partition coefficient (Wildman–Crippen LogP) is 13.9. The molecule has 10 rings (SSSR count). The van der Waals surface area contributed by atoms with Gasteiger partial charge in [0.1, 0.15) is 0 Å². The van der Waals surface area contributed by atoms with Gasteiger partial charge in [0.2, 0.25) is 0 Å². The smallest absolute Gasteiger partial charge is 0.264 e. The van der Waals surface area contributed by atoms with Gasteiger partial charge in [-0.15, -0.1) is 11.3 Å². The zero-order valence-electron chi connectivity index (χ0n) is 38.2. The molecular formula is C55H63BN2S. The molecule has 0 unspecified atom stereocenters. The minimum atomic E-state index is 0.0770. The first kappa shape index (κ1) is 38.9. The molecule has 6 aromatic rings. The summed E-state index contributed by atoms with van der Waals surface area (Å²) in [7, 11) is 0. The number of nitrogens with zero attached hydrogens (tertiary/aromatic N) is 2. The number of benzene rings is 5. The number of anilines is 6. The fraction of sp³-hybridized carbons (Fsp3) is 0.418. The van der Waals surface area contributed by atoms with Gasteiger partial charge in [-0.25, -0.2) is 0 Å². The van der Waals surface area contributed by atoms with Crippen LogP contribution >= 0.6 is 11.3 Å². The van der Waals surface area contributed by atoms with Crippen molar-refractivity contribution in [3.8, 4) is 0 Å². The molecule has 302 valence electrons. The molecule has 4 heteroatoms. The van der Waals surface area contributed by atoms with Crippen LogP contribution in [-0.4, -0.2) is 6.71 Å². The quantitative estimate of drug-likeness (QED) is 0.161. The van der Waals surface area contributed by atoms with Gasteiger partial charge in [-0.1, -0.05) is 112 Å². The summed E-state index contributed by atoms with van der Waals surface area (Å²) in [5, 5.41) is 1.36. The molecule has 2 nitrogen and oxygen atoms in total. The van der Waals surface area contributed by atoms with Gasteiger partial charge in [-0.3, -0.25) is 0 Å². The fourth-order valence-electron chi connectivity index (χ4n) is 11.4. The SMILES string of the molecule is Cc1cc2c3c(c1)N(c1ccc(C(C)(C)C)cc1)c1c(sc4ccc(C)cc14)B3c1cc3c(cc1N2c1cc2c(cc1C)C(C)(C)CCC2(C)C)C(C)(C)CCC3(C)C. The van der Waals surface area contributed by atoms with E-state index in [2.05, 4.69) is 186 Å². The molecule has 0 atom stereocenters. The van der Waals surface area contributed by atoms with Gasteiger partial charge in [0.25, 0.3) is 6.71 Å². The molecule has 0 fully saturated rings. The third-order valence-electron chi connectivity index (χ3n) is 15.3. The van der Waals surface area contributed by atoms with Crippen LogP contribution in [0.2, 0.25) is 0 Å². The molecule has 0 amide bonds. The van der Waals surface area contributed by atoms with Gasteiger partial charge in [0.05, 0.1) is 5.69 Å². The minimum absolute atomic E-state index is 0.0770. The van der Waals surface area contributed by atoms with Gasteiger partial charge >= 0.3 is 0 Å². The summed E-state index contributed by atoms with van der Waals surface area (Å²) >= 11 is 2.02. The van der Waals surface area contributed by atoms with E-state index in [4.69, 9.17) is 0 Å². The van der Waals surface area contributed by atoms with Crippen molar-refractivity contribution in [2.75, 3.05) is 9.80 Å². The highest BCUT2D eigenvalue weighted by Gasteiger charge is 2.48. The number of rotatable bonds is 2. The second kappa shape index (κ2) is 12.4. The maximum Gasteiger partial charge on any atom is 0.264 e. The molecule has 0 saturated heterocycles. The van der Waals surface area contributed by atoms with Crippen molar-refractivity contribution in [3.63, 3.8) is 0 Å². The number of aryl methyl sites for hydroxylation is 3. The Morgan fingerprint density at radius 2 is 1.07 bits per heavy atom. The Balaban J connectivity index is 1.34. The maximum atomic E-state index is 2.73. The van der Waals surface area contributed by atoms with Crippen molar-refractivity contribution < 1.29 is 0 Å². The van der Waals surface area contributed by atoms with Crippen molar-refractivity contribution in [1.29, 1.82) is 0 Å². The van der Waals surface area contributed by atoms with Crippen LogP contribution in [0.4, 0.5) is 34.1 Å². The molecule has 2 aliphatic carbocycles. The fourth-order valence-corrected chi connectivity index (χ4v) is 12.7. The topological polar surface area (TPSA) is 6.48 Å². The zero-order chi connectivity index (χ0) is 41.9. The summed E-state index contributed by atoms with van der Waals surface area (Å²) < 4.78 is 2.82. The Labute approximate surface area is 359 Å². The van der Waals surface area contributed by atoms with E-state index in [1.807, 2.05) is 11.3 Å². The summed E-state index contributed by atoms with van der Waals surface area (Å²) in [5.74, 6) is 0. The molecule has 2 aliphatic heterocycles. The van der Waals surface area contributed by atoms with Crippen LogP contribution in [-0.2, 0) is 27.1 Å². The molecule has 0 N–H and O–H groups in total. The van der Waals surface area contributed by atoms with Crippen LogP contribution in [0.1, 0.15) is 146 Å². The Kier molecular flexibility index (Phi) is 8.18. The summed E-state index contributed by atoms with van der Waals surface area (Å²) in [4.78, 5) is 5.37. The first-order valence-corrected chi connectivity index (χ1v) is 23.1. The van der Waals surface area contributed by atoms with E-state index in [0.717, 1.165) is 0 Å². The van der Waals surface area contributed by atoms with Crippen LogP contribution in [0.5, 0.6) is 0 Å². The molecule has 0 spiro atoms. The largest absolute Gasteiger partial charge is 0.311 e. The summed E-state index contributed by atoms with van der Waals surface area (Å²) in [5.41, 5.74) is 22.7. The highest BCUT2D eigenvalue weighted by molar-refractivity contribution is 7.33. The average molecular weight is 795 g/mol. The van der Waals surface area contributed by atoms with Gasteiger partial charge in [-0.05, 0) is 172 Å². The normalized spacial score (nSPS) is 19.2. The molecule has 0 radical (unpaired) electrons. The molecule has 59 heavy (non-hydrogen) atoms. The lowest BCUT2D eigenvalue weighted by molar-refractivity contribution is 0.331. The van der Waals surface area contributed by atoms with Gasteiger partial charge in [-0.2, -0.15) is 0 Å².